The first kappa shape index (κ1) is 14.3. The van der Waals surface area contributed by atoms with Gasteiger partial charge in [-0.05, 0) is 39.4 Å². The topological polar surface area (TPSA) is 51.1 Å². The standard InChI is InChI=1S/C12H22N2O2S/c1-10(2)17(15,16)8-7-14-6-5-12(9-13-4)11(14)3/h5-6,10,13H,7-9H2,1-4H3. The Hall–Kier alpha value is -0.810. The minimum absolute atomic E-state index is 0.208. The van der Waals surface area contributed by atoms with E-state index in [1.807, 2.05) is 30.8 Å². The fraction of sp³-hybridized carbons (Fsp3) is 0.667. The number of aromatic nitrogens is 1. The van der Waals surface area contributed by atoms with Crippen LogP contribution in [0.3, 0.4) is 0 Å². The van der Waals surface area contributed by atoms with Crippen molar-refractivity contribution in [1.82, 2.24) is 9.88 Å². The SMILES string of the molecule is CNCc1ccn(CCS(=O)(=O)C(C)C)c1C. The molecule has 0 saturated heterocycles. The summed E-state index contributed by atoms with van der Waals surface area (Å²) in [6.07, 6.45) is 1.96. The molecule has 0 aliphatic rings. The Labute approximate surface area is 104 Å². The van der Waals surface area contributed by atoms with Gasteiger partial charge in [0.2, 0.25) is 0 Å². The van der Waals surface area contributed by atoms with Gasteiger partial charge in [-0.2, -0.15) is 0 Å². The molecular weight excluding hydrogens is 236 g/mol. The fourth-order valence-corrected chi connectivity index (χ4v) is 2.60. The van der Waals surface area contributed by atoms with Crippen molar-refractivity contribution in [3.8, 4) is 0 Å². The highest BCUT2D eigenvalue weighted by Crippen LogP contribution is 2.11. The van der Waals surface area contributed by atoms with Crippen molar-refractivity contribution in [1.29, 1.82) is 0 Å². The molecule has 1 heterocycles. The van der Waals surface area contributed by atoms with Crippen LogP contribution in [0.25, 0.3) is 0 Å². The van der Waals surface area contributed by atoms with E-state index in [1.54, 1.807) is 13.8 Å². The van der Waals surface area contributed by atoms with E-state index in [9.17, 15) is 8.42 Å². The van der Waals surface area contributed by atoms with E-state index < -0.39 is 9.84 Å². The molecule has 0 bridgehead atoms. The van der Waals surface area contributed by atoms with E-state index in [0.717, 1.165) is 12.2 Å². The van der Waals surface area contributed by atoms with Crippen LogP contribution in [0.4, 0.5) is 0 Å². The van der Waals surface area contributed by atoms with Crippen molar-refractivity contribution >= 4 is 9.84 Å². The molecule has 1 rings (SSSR count). The first-order valence-corrected chi connectivity index (χ1v) is 7.60. The molecule has 4 nitrogen and oxygen atoms in total. The van der Waals surface area contributed by atoms with Crippen molar-refractivity contribution in [3.05, 3.63) is 23.5 Å². The van der Waals surface area contributed by atoms with Gasteiger partial charge in [0.15, 0.2) is 9.84 Å². The Balaban J connectivity index is 2.71. The van der Waals surface area contributed by atoms with Crippen molar-refractivity contribution in [2.24, 2.45) is 0 Å². The lowest BCUT2D eigenvalue weighted by molar-refractivity contribution is 0.579. The fourth-order valence-electron chi connectivity index (χ4n) is 1.68. The molecule has 0 radical (unpaired) electrons. The summed E-state index contributed by atoms with van der Waals surface area (Å²) in [5.74, 6) is 0.208. The molecule has 0 aromatic carbocycles. The summed E-state index contributed by atoms with van der Waals surface area (Å²) in [6, 6.07) is 2.04. The maximum Gasteiger partial charge on any atom is 0.154 e. The molecular formula is C12H22N2O2S. The van der Waals surface area contributed by atoms with E-state index in [2.05, 4.69) is 5.32 Å². The highest BCUT2D eigenvalue weighted by atomic mass is 32.2. The molecule has 0 aliphatic carbocycles. The largest absolute Gasteiger partial charge is 0.350 e. The monoisotopic (exact) mass is 258 g/mol. The Bertz CT molecular complexity index is 461. The number of nitrogens with one attached hydrogen (secondary N) is 1. The van der Waals surface area contributed by atoms with Gasteiger partial charge in [-0.25, -0.2) is 8.42 Å². The molecule has 1 aromatic rings. The van der Waals surface area contributed by atoms with Gasteiger partial charge >= 0.3 is 0 Å². The molecule has 98 valence electrons. The van der Waals surface area contributed by atoms with Gasteiger partial charge in [-0.15, -0.1) is 0 Å². The maximum absolute atomic E-state index is 11.7. The zero-order valence-corrected chi connectivity index (χ0v) is 11.8. The summed E-state index contributed by atoms with van der Waals surface area (Å²) in [5, 5.41) is 2.80. The van der Waals surface area contributed by atoms with Crippen LogP contribution in [-0.4, -0.2) is 31.0 Å². The first-order chi connectivity index (χ1) is 7.88. The average molecular weight is 258 g/mol. The van der Waals surface area contributed by atoms with Gasteiger partial charge in [-0.3, -0.25) is 0 Å². The summed E-state index contributed by atoms with van der Waals surface area (Å²) in [6.45, 7) is 6.83. The molecule has 0 amide bonds. The zero-order valence-electron chi connectivity index (χ0n) is 11.0. The number of nitrogens with zero attached hydrogens (tertiary/aromatic N) is 1. The molecule has 1 aromatic heterocycles. The predicted molar refractivity (Wildman–Crippen MR) is 70.9 cm³/mol. The number of hydrogen-bond donors (Lipinski definition) is 1. The third-order valence-corrected chi connectivity index (χ3v) is 5.24. The third-order valence-electron chi connectivity index (χ3n) is 3.05. The second kappa shape index (κ2) is 5.69. The minimum atomic E-state index is -2.95. The smallest absolute Gasteiger partial charge is 0.154 e. The van der Waals surface area contributed by atoms with E-state index >= 15 is 0 Å². The first-order valence-electron chi connectivity index (χ1n) is 5.89. The molecule has 0 saturated carbocycles. The highest BCUT2D eigenvalue weighted by molar-refractivity contribution is 7.91. The summed E-state index contributed by atoms with van der Waals surface area (Å²) in [4.78, 5) is 0. The Morgan fingerprint density at radius 2 is 2.06 bits per heavy atom. The second-order valence-corrected chi connectivity index (χ2v) is 7.24. The number of sulfone groups is 1. The van der Waals surface area contributed by atoms with Crippen LogP contribution in [0.15, 0.2) is 12.3 Å². The normalized spacial score (nSPS) is 12.3. The summed E-state index contributed by atoms with van der Waals surface area (Å²) in [5.41, 5.74) is 2.35. The summed E-state index contributed by atoms with van der Waals surface area (Å²) >= 11 is 0. The third kappa shape index (κ3) is 3.57. The molecule has 5 heteroatoms. The van der Waals surface area contributed by atoms with Crippen LogP contribution >= 0.6 is 0 Å². The Morgan fingerprint density at radius 1 is 1.41 bits per heavy atom. The second-order valence-electron chi connectivity index (χ2n) is 4.57. The zero-order chi connectivity index (χ0) is 13.1. The molecule has 17 heavy (non-hydrogen) atoms. The van der Waals surface area contributed by atoms with Gasteiger partial charge in [0.25, 0.3) is 0 Å². The molecule has 0 fully saturated rings. The lowest BCUT2D eigenvalue weighted by atomic mass is 10.2. The van der Waals surface area contributed by atoms with Crippen LogP contribution < -0.4 is 5.32 Å². The van der Waals surface area contributed by atoms with Crippen molar-refractivity contribution < 1.29 is 8.42 Å². The average Bonchev–Trinajstić information content (AvgIpc) is 2.58. The van der Waals surface area contributed by atoms with Crippen LogP contribution in [0, 0.1) is 6.92 Å². The summed E-state index contributed by atoms with van der Waals surface area (Å²) < 4.78 is 25.5. The number of aryl methyl sites for hydroxylation is 1. The number of hydrogen-bond acceptors (Lipinski definition) is 3. The molecule has 0 atom stereocenters. The predicted octanol–water partition coefficient (Wildman–Crippen LogP) is 1.34. The Kier molecular flexibility index (Phi) is 4.77. The van der Waals surface area contributed by atoms with E-state index in [0.29, 0.717) is 6.54 Å². The van der Waals surface area contributed by atoms with Crippen LogP contribution in [-0.2, 0) is 22.9 Å². The van der Waals surface area contributed by atoms with E-state index in [-0.39, 0.29) is 11.0 Å². The van der Waals surface area contributed by atoms with Crippen molar-refractivity contribution in [2.45, 2.75) is 39.1 Å². The number of rotatable bonds is 6. The van der Waals surface area contributed by atoms with Crippen molar-refractivity contribution in [2.75, 3.05) is 12.8 Å². The minimum Gasteiger partial charge on any atom is -0.350 e. The molecule has 0 spiro atoms. The quantitative estimate of drug-likeness (QED) is 0.837. The lowest BCUT2D eigenvalue weighted by Crippen LogP contribution is -2.21. The van der Waals surface area contributed by atoms with Crippen LogP contribution in [0.5, 0.6) is 0 Å². The van der Waals surface area contributed by atoms with Gasteiger partial charge in [-0.1, -0.05) is 0 Å². The van der Waals surface area contributed by atoms with Crippen LogP contribution in [0.1, 0.15) is 25.1 Å². The van der Waals surface area contributed by atoms with E-state index in [1.165, 1.54) is 5.56 Å². The molecule has 0 aliphatic heterocycles. The van der Waals surface area contributed by atoms with Crippen molar-refractivity contribution in [3.63, 3.8) is 0 Å². The van der Waals surface area contributed by atoms with Gasteiger partial charge < -0.3 is 9.88 Å². The van der Waals surface area contributed by atoms with Gasteiger partial charge in [0, 0.05) is 25.0 Å². The maximum atomic E-state index is 11.7. The van der Waals surface area contributed by atoms with Gasteiger partial charge in [0.05, 0.1) is 11.0 Å². The van der Waals surface area contributed by atoms with Gasteiger partial charge in [0.1, 0.15) is 0 Å². The lowest BCUT2D eigenvalue weighted by Gasteiger charge is -2.10. The van der Waals surface area contributed by atoms with Crippen LogP contribution in [0.2, 0.25) is 0 Å². The Morgan fingerprint density at radius 3 is 2.59 bits per heavy atom. The van der Waals surface area contributed by atoms with E-state index in [4.69, 9.17) is 0 Å². The summed E-state index contributed by atoms with van der Waals surface area (Å²) in [7, 11) is -1.05. The molecule has 0 unspecified atom stereocenters. The molecule has 1 N–H and O–H groups in total. The highest BCUT2D eigenvalue weighted by Gasteiger charge is 2.16.